The van der Waals surface area contributed by atoms with Crippen LogP contribution in [0.1, 0.15) is 31.5 Å². The van der Waals surface area contributed by atoms with E-state index in [1.165, 1.54) is 0 Å². The molecule has 0 aromatic carbocycles. The average Bonchev–Trinajstić information content (AvgIpc) is 2.76. The van der Waals surface area contributed by atoms with E-state index in [0.29, 0.717) is 6.04 Å². The molecule has 1 aliphatic rings. The molecule has 2 heterocycles. The van der Waals surface area contributed by atoms with Crippen LogP contribution in [0.3, 0.4) is 0 Å². The molecule has 1 aromatic heterocycles. The van der Waals surface area contributed by atoms with E-state index in [2.05, 4.69) is 24.1 Å². The fourth-order valence-electron chi connectivity index (χ4n) is 2.22. The number of morpholine rings is 1. The Labute approximate surface area is 109 Å². The molecule has 1 fully saturated rings. The highest BCUT2D eigenvalue weighted by Crippen LogP contribution is 2.23. The molecule has 0 amide bonds. The van der Waals surface area contributed by atoms with Crippen molar-refractivity contribution in [3.63, 3.8) is 0 Å². The summed E-state index contributed by atoms with van der Waals surface area (Å²) in [6.07, 6.45) is 0.0894. The minimum Gasteiger partial charge on any atom is -0.464 e. The highest BCUT2D eigenvalue weighted by atomic mass is 16.5. The Hall–Kier alpha value is -0.840. The summed E-state index contributed by atoms with van der Waals surface area (Å²) < 4.78 is 11.4. The van der Waals surface area contributed by atoms with Gasteiger partial charge in [0.25, 0.3) is 0 Å². The lowest BCUT2D eigenvalue weighted by Crippen LogP contribution is -2.42. The zero-order valence-corrected chi connectivity index (χ0v) is 11.6. The van der Waals surface area contributed by atoms with Gasteiger partial charge in [0.1, 0.15) is 17.6 Å². The van der Waals surface area contributed by atoms with Crippen LogP contribution < -0.4 is 5.32 Å². The molecule has 18 heavy (non-hydrogen) atoms. The molecule has 0 spiro atoms. The van der Waals surface area contributed by atoms with Crippen LogP contribution in [0.25, 0.3) is 0 Å². The van der Waals surface area contributed by atoms with E-state index in [9.17, 15) is 0 Å². The standard InChI is InChI=1S/C14H24N2O2/c1-11(2)15-6-7-16-8-9-17-14(10-16)13-5-4-12(3)18-13/h4-5,11,14-15H,6-10H2,1-3H3. The van der Waals surface area contributed by atoms with Gasteiger partial charge in [0.2, 0.25) is 0 Å². The Bertz CT molecular complexity index is 362. The smallest absolute Gasteiger partial charge is 0.134 e. The Balaban J connectivity index is 1.81. The summed E-state index contributed by atoms with van der Waals surface area (Å²) in [5, 5.41) is 3.45. The second kappa shape index (κ2) is 6.36. The van der Waals surface area contributed by atoms with E-state index in [1.54, 1.807) is 0 Å². The third kappa shape index (κ3) is 3.83. The van der Waals surface area contributed by atoms with Crippen molar-refractivity contribution in [2.45, 2.75) is 32.9 Å². The van der Waals surface area contributed by atoms with Crippen LogP contribution in [0.15, 0.2) is 16.5 Å². The highest BCUT2D eigenvalue weighted by molar-refractivity contribution is 5.09. The third-order valence-corrected chi connectivity index (χ3v) is 3.21. The molecule has 102 valence electrons. The zero-order chi connectivity index (χ0) is 13.0. The third-order valence-electron chi connectivity index (χ3n) is 3.21. The monoisotopic (exact) mass is 252 g/mol. The first-order valence-corrected chi connectivity index (χ1v) is 6.79. The van der Waals surface area contributed by atoms with Crippen molar-refractivity contribution in [2.24, 2.45) is 0 Å². The molecule has 2 rings (SSSR count). The lowest BCUT2D eigenvalue weighted by atomic mass is 10.2. The first kappa shape index (κ1) is 13.6. The molecule has 1 aromatic rings. The summed E-state index contributed by atoms with van der Waals surface area (Å²) in [5.74, 6) is 1.90. The molecule has 1 aliphatic heterocycles. The zero-order valence-electron chi connectivity index (χ0n) is 11.6. The molecule has 4 heteroatoms. The van der Waals surface area contributed by atoms with E-state index < -0.39 is 0 Å². The normalized spacial score (nSPS) is 21.7. The number of hydrogen-bond acceptors (Lipinski definition) is 4. The fourth-order valence-corrected chi connectivity index (χ4v) is 2.22. The lowest BCUT2D eigenvalue weighted by Gasteiger charge is -2.32. The molecule has 1 N–H and O–H groups in total. The first-order chi connectivity index (χ1) is 8.65. The van der Waals surface area contributed by atoms with Crippen molar-refractivity contribution >= 4 is 0 Å². The van der Waals surface area contributed by atoms with Gasteiger partial charge in [-0.05, 0) is 19.1 Å². The summed E-state index contributed by atoms with van der Waals surface area (Å²) >= 11 is 0. The van der Waals surface area contributed by atoms with Crippen molar-refractivity contribution in [3.8, 4) is 0 Å². The predicted molar refractivity (Wildman–Crippen MR) is 71.7 cm³/mol. The van der Waals surface area contributed by atoms with Crippen molar-refractivity contribution < 1.29 is 9.15 Å². The molecule has 1 saturated heterocycles. The van der Waals surface area contributed by atoms with Crippen molar-refractivity contribution in [3.05, 3.63) is 23.7 Å². The summed E-state index contributed by atoms with van der Waals surface area (Å²) in [7, 11) is 0. The van der Waals surface area contributed by atoms with Gasteiger partial charge in [-0.2, -0.15) is 0 Å². The van der Waals surface area contributed by atoms with Gasteiger partial charge in [0, 0.05) is 32.2 Å². The lowest BCUT2D eigenvalue weighted by molar-refractivity contribution is -0.0398. The molecule has 1 atom stereocenters. The number of furan rings is 1. The molecule has 0 radical (unpaired) electrons. The maximum absolute atomic E-state index is 5.78. The Kier molecular flexibility index (Phi) is 4.80. The van der Waals surface area contributed by atoms with Gasteiger partial charge in [0.15, 0.2) is 0 Å². The second-order valence-corrected chi connectivity index (χ2v) is 5.22. The quantitative estimate of drug-likeness (QED) is 0.869. The number of nitrogens with zero attached hydrogens (tertiary/aromatic N) is 1. The van der Waals surface area contributed by atoms with Gasteiger partial charge in [-0.25, -0.2) is 0 Å². The minimum absolute atomic E-state index is 0.0894. The van der Waals surface area contributed by atoms with Crippen molar-refractivity contribution in [1.29, 1.82) is 0 Å². The molecular formula is C14H24N2O2. The molecule has 1 unspecified atom stereocenters. The number of hydrogen-bond donors (Lipinski definition) is 1. The van der Waals surface area contributed by atoms with Gasteiger partial charge < -0.3 is 14.5 Å². The SMILES string of the molecule is Cc1ccc(C2CN(CCNC(C)C)CCO2)o1. The minimum atomic E-state index is 0.0894. The second-order valence-electron chi connectivity index (χ2n) is 5.22. The van der Waals surface area contributed by atoms with E-state index >= 15 is 0 Å². The maximum Gasteiger partial charge on any atom is 0.134 e. The van der Waals surface area contributed by atoms with Gasteiger partial charge in [0.05, 0.1) is 6.61 Å². The Morgan fingerprint density at radius 1 is 1.44 bits per heavy atom. The molecule has 4 nitrogen and oxygen atoms in total. The number of aryl methyl sites for hydroxylation is 1. The fraction of sp³-hybridized carbons (Fsp3) is 0.714. The topological polar surface area (TPSA) is 37.6 Å². The first-order valence-electron chi connectivity index (χ1n) is 6.79. The van der Waals surface area contributed by atoms with Crippen LogP contribution in [0, 0.1) is 6.92 Å². The Morgan fingerprint density at radius 2 is 2.28 bits per heavy atom. The largest absolute Gasteiger partial charge is 0.464 e. The van der Waals surface area contributed by atoms with Gasteiger partial charge in [-0.3, -0.25) is 4.90 Å². The number of ether oxygens (including phenoxy) is 1. The molecule has 0 saturated carbocycles. The van der Waals surface area contributed by atoms with Crippen LogP contribution in [-0.2, 0) is 4.74 Å². The summed E-state index contributed by atoms with van der Waals surface area (Å²) in [4.78, 5) is 2.43. The molecule has 0 aliphatic carbocycles. The van der Waals surface area contributed by atoms with E-state index in [4.69, 9.17) is 9.15 Å². The summed E-state index contributed by atoms with van der Waals surface area (Å²) in [6.45, 7) is 11.1. The Morgan fingerprint density at radius 3 is 2.94 bits per heavy atom. The summed E-state index contributed by atoms with van der Waals surface area (Å²) in [5.41, 5.74) is 0. The average molecular weight is 252 g/mol. The molecule has 0 bridgehead atoms. The van der Waals surface area contributed by atoms with Crippen LogP contribution in [-0.4, -0.2) is 43.7 Å². The van der Waals surface area contributed by atoms with E-state index in [1.807, 2.05) is 19.1 Å². The summed E-state index contributed by atoms with van der Waals surface area (Å²) in [6, 6.07) is 4.57. The molecular weight excluding hydrogens is 228 g/mol. The van der Waals surface area contributed by atoms with Crippen molar-refractivity contribution in [2.75, 3.05) is 32.8 Å². The number of rotatable bonds is 5. The van der Waals surface area contributed by atoms with E-state index in [-0.39, 0.29) is 6.10 Å². The van der Waals surface area contributed by atoms with Crippen LogP contribution in [0.5, 0.6) is 0 Å². The number of nitrogens with one attached hydrogen (secondary N) is 1. The predicted octanol–water partition coefficient (Wildman–Crippen LogP) is 1.96. The van der Waals surface area contributed by atoms with Crippen LogP contribution >= 0.6 is 0 Å². The van der Waals surface area contributed by atoms with Crippen LogP contribution in [0.4, 0.5) is 0 Å². The van der Waals surface area contributed by atoms with Gasteiger partial charge in [-0.15, -0.1) is 0 Å². The highest BCUT2D eigenvalue weighted by Gasteiger charge is 2.23. The van der Waals surface area contributed by atoms with E-state index in [0.717, 1.165) is 44.3 Å². The maximum atomic E-state index is 5.78. The van der Waals surface area contributed by atoms with Crippen LogP contribution in [0.2, 0.25) is 0 Å². The van der Waals surface area contributed by atoms with Gasteiger partial charge in [-0.1, -0.05) is 13.8 Å². The van der Waals surface area contributed by atoms with Crippen molar-refractivity contribution in [1.82, 2.24) is 10.2 Å². The van der Waals surface area contributed by atoms with Gasteiger partial charge >= 0.3 is 0 Å².